The summed E-state index contributed by atoms with van der Waals surface area (Å²) in [6.45, 7) is 3.66. The lowest BCUT2D eigenvalue weighted by Gasteiger charge is -2.31. The molecule has 3 aliphatic rings. The van der Waals surface area contributed by atoms with Crippen molar-refractivity contribution in [2.75, 3.05) is 0 Å². The number of fused-ring (bicyclic) bond motifs is 1. The van der Waals surface area contributed by atoms with Crippen LogP contribution in [-0.4, -0.2) is 65.4 Å². The maximum Gasteiger partial charge on any atom is 0.378 e. The third-order valence-electron chi connectivity index (χ3n) is 4.97. The summed E-state index contributed by atoms with van der Waals surface area (Å²) in [7, 11) is 0. The molecule has 0 amide bonds. The zero-order valence-corrected chi connectivity index (χ0v) is 14.6. The quantitative estimate of drug-likeness (QED) is 0.496. The normalized spacial score (nSPS) is 35.1. The highest BCUT2D eigenvalue weighted by Gasteiger charge is 2.72. The number of halogens is 2. The van der Waals surface area contributed by atoms with E-state index in [-0.39, 0.29) is 0 Å². The summed E-state index contributed by atoms with van der Waals surface area (Å²) in [6, 6.07) is 0. The number of hydrogen-bond acceptors (Lipinski definition) is 8. The molecule has 7 unspecified atom stereocenters. The highest BCUT2D eigenvalue weighted by Crippen LogP contribution is 2.51. The van der Waals surface area contributed by atoms with Crippen LogP contribution in [0.15, 0.2) is 0 Å². The van der Waals surface area contributed by atoms with Gasteiger partial charge >= 0.3 is 29.8 Å². The number of carboxylic acid groups (broad SMARTS) is 1. The molecule has 3 aliphatic heterocycles. The van der Waals surface area contributed by atoms with Gasteiger partial charge in [0.2, 0.25) is 0 Å². The molecule has 3 heterocycles. The minimum absolute atomic E-state index is 0.694. The minimum Gasteiger partial charge on any atom is -0.477 e. The Hall–Kier alpha value is -2.30. The molecule has 9 nitrogen and oxygen atoms in total. The molecule has 3 saturated heterocycles. The molecule has 7 atom stereocenters. The second-order valence-corrected chi connectivity index (χ2v) is 7.12. The zero-order valence-electron chi connectivity index (χ0n) is 14.6. The van der Waals surface area contributed by atoms with Gasteiger partial charge in [-0.25, -0.2) is 4.79 Å². The van der Waals surface area contributed by atoms with E-state index in [2.05, 4.69) is 0 Å². The predicted octanol–water partition coefficient (Wildman–Crippen LogP) is 0.145. The summed E-state index contributed by atoms with van der Waals surface area (Å²) < 4.78 is 48.4. The van der Waals surface area contributed by atoms with Gasteiger partial charge in [0.05, 0.1) is 0 Å². The van der Waals surface area contributed by atoms with Crippen LogP contribution < -0.4 is 0 Å². The molecule has 0 saturated carbocycles. The first-order valence-electron chi connectivity index (χ1n) is 8.31. The number of carbonyl (C=O) groups is 4. The number of carboxylic acids is 1. The largest absolute Gasteiger partial charge is 0.477 e. The Morgan fingerprint density at radius 1 is 1.19 bits per heavy atom. The smallest absolute Gasteiger partial charge is 0.378 e. The molecule has 0 aromatic carbocycles. The Morgan fingerprint density at radius 3 is 2.33 bits per heavy atom. The van der Waals surface area contributed by atoms with Crippen molar-refractivity contribution in [3.05, 3.63) is 0 Å². The highest BCUT2D eigenvalue weighted by molar-refractivity contribution is 5.87. The summed E-state index contributed by atoms with van der Waals surface area (Å²) >= 11 is 0. The molecule has 2 bridgehead atoms. The van der Waals surface area contributed by atoms with Gasteiger partial charge in [-0.15, -0.1) is 0 Å². The second kappa shape index (κ2) is 6.39. The van der Waals surface area contributed by atoms with Crippen molar-refractivity contribution in [2.24, 2.45) is 17.8 Å². The summed E-state index contributed by atoms with van der Waals surface area (Å²) in [5.74, 6) is -12.9. The third kappa shape index (κ3) is 2.93. The lowest BCUT2D eigenvalue weighted by molar-refractivity contribution is -0.203. The molecule has 0 aromatic rings. The maximum atomic E-state index is 13.9. The molecule has 0 aliphatic carbocycles. The first-order valence-corrected chi connectivity index (χ1v) is 8.31. The molecule has 3 fully saturated rings. The van der Waals surface area contributed by atoms with Gasteiger partial charge < -0.3 is 24.1 Å². The van der Waals surface area contributed by atoms with Gasteiger partial charge in [0.25, 0.3) is 0 Å². The first kappa shape index (κ1) is 19.5. The van der Waals surface area contributed by atoms with Crippen molar-refractivity contribution >= 4 is 23.9 Å². The number of carbonyl (C=O) groups excluding carboxylic acids is 3. The molecule has 27 heavy (non-hydrogen) atoms. The number of ether oxygens (including phenoxy) is 4. The van der Waals surface area contributed by atoms with Gasteiger partial charge in [0.1, 0.15) is 24.0 Å². The van der Waals surface area contributed by atoms with E-state index < -0.39 is 78.1 Å². The number of alkyl halides is 2. The molecule has 150 valence electrons. The summed E-state index contributed by atoms with van der Waals surface area (Å²) in [5.41, 5.74) is 0. The van der Waals surface area contributed by atoms with E-state index in [0.29, 0.717) is 0 Å². The van der Waals surface area contributed by atoms with Crippen molar-refractivity contribution < 1.29 is 52.0 Å². The third-order valence-corrected chi connectivity index (χ3v) is 4.97. The van der Waals surface area contributed by atoms with Crippen LogP contribution in [0.4, 0.5) is 8.78 Å². The Kier molecular flexibility index (Phi) is 4.61. The summed E-state index contributed by atoms with van der Waals surface area (Å²) in [5, 5.41) is 8.73. The topological polar surface area (TPSA) is 125 Å². The summed E-state index contributed by atoms with van der Waals surface area (Å²) in [4.78, 5) is 46.8. The van der Waals surface area contributed by atoms with Gasteiger partial charge in [-0.05, 0) is 5.92 Å². The molecule has 1 N–H and O–H groups in total. The lowest BCUT2D eigenvalue weighted by atomic mass is 9.78. The maximum absolute atomic E-state index is 13.9. The monoisotopic (exact) mass is 392 g/mol. The van der Waals surface area contributed by atoms with Crippen molar-refractivity contribution in [1.29, 1.82) is 0 Å². The average molecular weight is 392 g/mol. The van der Waals surface area contributed by atoms with Crippen LogP contribution in [0.1, 0.15) is 20.8 Å². The molecule has 0 spiro atoms. The average Bonchev–Trinajstić information content (AvgIpc) is 3.14. The van der Waals surface area contributed by atoms with Crippen molar-refractivity contribution in [2.45, 2.75) is 57.2 Å². The van der Waals surface area contributed by atoms with E-state index in [1.807, 2.05) is 0 Å². The Balaban J connectivity index is 1.84. The number of hydrogen-bond donors (Lipinski definition) is 1. The van der Waals surface area contributed by atoms with E-state index in [1.165, 1.54) is 13.8 Å². The number of rotatable bonds is 6. The van der Waals surface area contributed by atoms with Gasteiger partial charge in [0.15, 0.2) is 18.3 Å². The van der Waals surface area contributed by atoms with E-state index in [1.54, 1.807) is 0 Å². The molecular weight excluding hydrogens is 374 g/mol. The van der Waals surface area contributed by atoms with Crippen molar-refractivity contribution in [1.82, 2.24) is 0 Å². The van der Waals surface area contributed by atoms with Crippen LogP contribution in [0.3, 0.4) is 0 Å². The molecule has 3 rings (SSSR count). The second-order valence-electron chi connectivity index (χ2n) is 7.12. The molecule has 0 radical (unpaired) electrons. The Morgan fingerprint density at radius 2 is 1.81 bits per heavy atom. The van der Waals surface area contributed by atoms with Crippen molar-refractivity contribution in [3.8, 4) is 0 Å². The molecular formula is C16H18F2O9. The van der Waals surface area contributed by atoms with Gasteiger partial charge in [-0.1, -0.05) is 13.8 Å². The van der Waals surface area contributed by atoms with E-state index >= 15 is 0 Å². The Bertz CT molecular complexity index is 691. The van der Waals surface area contributed by atoms with Crippen molar-refractivity contribution in [3.63, 3.8) is 0 Å². The fourth-order valence-electron chi connectivity index (χ4n) is 3.89. The number of esters is 3. The lowest BCUT2D eigenvalue weighted by Crippen LogP contribution is -2.51. The van der Waals surface area contributed by atoms with Gasteiger partial charge in [0, 0.05) is 6.92 Å². The number of aliphatic carboxylic acids is 1. The van der Waals surface area contributed by atoms with Gasteiger partial charge in [-0.2, -0.15) is 8.78 Å². The van der Waals surface area contributed by atoms with Crippen LogP contribution in [-0.2, 0) is 38.1 Å². The van der Waals surface area contributed by atoms with Gasteiger partial charge in [-0.3, -0.25) is 14.4 Å². The fraction of sp³-hybridized carbons (Fsp3) is 0.750. The van der Waals surface area contributed by atoms with Crippen LogP contribution in [0, 0.1) is 17.8 Å². The highest BCUT2D eigenvalue weighted by atomic mass is 19.3. The SMILES string of the molecule is CC(=O)OC1C2OC(=O)C3C2OC1C3C(=O)OC(C(C)C)C(F)(F)C(=O)O. The van der Waals surface area contributed by atoms with Crippen LogP contribution in [0.2, 0.25) is 0 Å². The van der Waals surface area contributed by atoms with E-state index in [0.717, 1.165) is 6.92 Å². The standard InChI is InChI=1S/C16H18F2O9/c1-4(2)12(16(17,18)15(22)23)27-14(21)7-6-9-11(26-13(6)20)10(8(7)25-9)24-5(3)19/h4,6-12H,1-3H3,(H,22,23). The van der Waals surface area contributed by atoms with Crippen LogP contribution >= 0.6 is 0 Å². The molecule has 11 heteroatoms. The van der Waals surface area contributed by atoms with E-state index in [9.17, 15) is 28.0 Å². The first-order chi connectivity index (χ1) is 12.5. The molecule has 0 aromatic heterocycles. The zero-order chi connectivity index (χ0) is 20.3. The van der Waals surface area contributed by atoms with Crippen LogP contribution in [0.25, 0.3) is 0 Å². The predicted molar refractivity (Wildman–Crippen MR) is 78.4 cm³/mol. The van der Waals surface area contributed by atoms with Crippen LogP contribution in [0.5, 0.6) is 0 Å². The Labute approximate surface area is 151 Å². The fourth-order valence-corrected chi connectivity index (χ4v) is 3.89. The summed E-state index contributed by atoms with van der Waals surface area (Å²) in [6.07, 6.45) is -6.14. The minimum atomic E-state index is -4.32. The van der Waals surface area contributed by atoms with E-state index in [4.69, 9.17) is 24.1 Å².